The van der Waals surface area contributed by atoms with Gasteiger partial charge in [0.1, 0.15) is 5.54 Å². The number of hydrogen-bond acceptors (Lipinski definition) is 4. The van der Waals surface area contributed by atoms with Gasteiger partial charge in [0, 0.05) is 13.3 Å². The van der Waals surface area contributed by atoms with Crippen molar-refractivity contribution in [3.63, 3.8) is 0 Å². The summed E-state index contributed by atoms with van der Waals surface area (Å²) < 4.78 is 4.99. The molecule has 6 heteroatoms. The molecule has 0 saturated heterocycles. The number of carbonyl (C=O) groups is 2. The molecule has 0 aromatic heterocycles. The smallest absolute Gasteiger partial charge is 0.243 e. The Bertz CT molecular complexity index is 501. The van der Waals surface area contributed by atoms with Crippen LogP contribution in [0.15, 0.2) is 18.2 Å². The molecule has 4 N–H and O–H groups in total. The summed E-state index contributed by atoms with van der Waals surface area (Å²) in [5.41, 5.74) is 4.86. The van der Waals surface area contributed by atoms with Crippen molar-refractivity contribution < 1.29 is 19.4 Å². The molecule has 19 heavy (non-hydrogen) atoms. The number of methoxy groups -OCH3 is 1. The highest BCUT2D eigenvalue weighted by Crippen LogP contribution is 2.27. The van der Waals surface area contributed by atoms with Gasteiger partial charge >= 0.3 is 0 Å². The number of hydrogen-bond donors (Lipinski definition) is 3. The fourth-order valence-electron chi connectivity index (χ4n) is 1.82. The topological polar surface area (TPSA) is 102 Å². The van der Waals surface area contributed by atoms with E-state index in [1.807, 2.05) is 0 Å². The summed E-state index contributed by atoms with van der Waals surface area (Å²) in [5.74, 6) is -0.666. The first-order valence-corrected chi connectivity index (χ1v) is 5.73. The molecule has 1 rings (SSSR count). The van der Waals surface area contributed by atoms with Gasteiger partial charge < -0.3 is 20.9 Å². The zero-order chi connectivity index (χ0) is 14.6. The van der Waals surface area contributed by atoms with E-state index in [2.05, 4.69) is 5.32 Å². The maximum Gasteiger partial charge on any atom is 0.243 e. The molecule has 2 amide bonds. The number of benzene rings is 1. The van der Waals surface area contributed by atoms with E-state index in [1.54, 1.807) is 19.1 Å². The first kappa shape index (κ1) is 14.8. The van der Waals surface area contributed by atoms with E-state index in [0.29, 0.717) is 11.3 Å². The lowest BCUT2D eigenvalue weighted by Crippen LogP contribution is -2.56. The summed E-state index contributed by atoms with van der Waals surface area (Å²) >= 11 is 0. The number of amides is 2. The third-order valence-electron chi connectivity index (χ3n) is 2.80. The number of ether oxygens (including phenoxy) is 1. The molecule has 0 bridgehead atoms. The number of phenols is 1. The summed E-state index contributed by atoms with van der Waals surface area (Å²) in [6.07, 6.45) is 0.207. The number of aromatic hydroxyl groups is 1. The summed E-state index contributed by atoms with van der Waals surface area (Å²) in [7, 11) is 1.43. The number of carbonyl (C=O) groups excluding carboxylic acids is 2. The molecule has 6 nitrogen and oxygen atoms in total. The molecule has 0 fully saturated rings. The number of primary amides is 1. The third-order valence-corrected chi connectivity index (χ3v) is 2.80. The minimum Gasteiger partial charge on any atom is -0.504 e. The average Bonchev–Trinajstić information content (AvgIpc) is 2.30. The van der Waals surface area contributed by atoms with Crippen LogP contribution in [0.2, 0.25) is 0 Å². The summed E-state index contributed by atoms with van der Waals surface area (Å²) in [4.78, 5) is 22.7. The number of nitrogens with two attached hydrogens (primary N) is 1. The van der Waals surface area contributed by atoms with Gasteiger partial charge in [0.2, 0.25) is 11.8 Å². The minimum atomic E-state index is -1.19. The molecule has 0 saturated carbocycles. The standard InChI is InChI=1S/C13H18N2O4/c1-8(16)15-13(2,12(14)18)7-9-4-5-10(17)11(6-9)19-3/h4-6,17H,7H2,1-3H3,(H2,14,18)(H,15,16)/t13-/m0/s1. The Morgan fingerprint density at radius 1 is 1.47 bits per heavy atom. The molecular weight excluding hydrogens is 248 g/mol. The summed E-state index contributed by atoms with van der Waals surface area (Å²) in [5, 5.41) is 12.0. The highest BCUT2D eigenvalue weighted by molar-refractivity contribution is 5.89. The molecule has 0 aliphatic rings. The van der Waals surface area contributed by atoms with Gasteiger partial charge in [-0.3, -0.25) is 9.59 Å². The Hall–Kier alpha value is -2.24. The van der Waals surface area contributed by atoms with Crippen LogP contribution in [0, 0.1) is 0 Å². The van der Waals surface area contributed by atoms with Crippen molar-refractivity contribution in [2.24, 2.45) is 5.73 Å². The zero-order valence-corrected chi connectivity index (χ0v) is 11.2. The van der Waals surface area contributed by atoms with Gasteiger partial charge in [-0.2, -0.15) is 0 Å². The fourth-order valence-corrected chi connectivity index (χ4v) is 1.82. The van der Waals surface area contributed by atoms with E-state index < -0.39 is 11.4 Å². The van der Waals surface area contributed by atoms with Gasteiger partial charge in [-0.25, -0.2) is 0 Å². The molecule has 0 unspecified atom stereocenters. The monoisotopic (exact) mass is 266 g/mol. The molecule has 0 aliphatic heterocycles. The maximum atomic E-state index is 11.5. The van der Waals surface area contributed by atoms with Gasteiger partial charge in [-0.15, -0.1) is 0 Å². The molecule has 1 atom stereocenters. The van der Waals surface area contributed by atoms with Gasteiger partial charge in [0.15, 0.2) is 11.5 Å². The van der Waals surface area contributed by atoms with Crippen LogP contribution in [-0.2, 0) is 16.0 Å². The van der Waals surface area contributed by atoms with Crippen molar-refractivity contribution in [3.8, 4) is 11.5 Å². The van der Waals surface area contributed by atoms with E-state index >= 15 is 0 Å². The van der Waals surface area contributed by atoms with Gasteiger partial charge in [-0.05, 0) is 24.6 Å². The van der Waals surface area contributed by atoms with E-state index in [1.165, 1.54) is 20.1 Å². The van der Waals surface area contributed by atoms with Crippen LogP contribution >= 0.6 is 0 Å². The second-order valence-electron chi connectivity index (χ2n) is 4.56. The molecule has 1 aromatic carbocycles. The first-order valence-electron chi connectivity index (χ1n) is 5.73. The van der Waals surface area contributed by atoms with Crippen LogP contribution in [0.5, 0.6) is 11.5 Å². The van der Waals surface area contributed by atoms with Crippen LogP contribution in [-0.4, -0.2) is 29.6 Å². The first-order chi connectivity index (χ1) is 8.78. The maximum absolute atomic E-state index is 11.5. The quantitative estimate of drug-likeness (QED) is 0.714. The lowest BCUT2D eigenvalue weighted by molar-refractivity contribution is -0.130. The van der Waals surface area contributed by atoms with Gasteiger partial charge in [0.05, 0.1) is 7.11 Å². The Kier molecular flexibility index (Phi) is 4.37. The number of phenolic OH excluding ortho intramolecular Hbond substituents is 1. The zero-order valence-electron chi connectivity index (χ0n) is 11.2. The van der Waals surface area contributed by atoms with Crippen LogP contribution in [0.3, 0.4) is 0 Å². The number of rotatable bonds is 5. The largest absolute Gasteiger partial charge is 0.504 e. The SMILES string of the molecule is COc1cc(C[C@](C)(NC(C)=O)C(N)=O)ccc1O. The van der Waals surface area contributed by atoms with Crippen molar-refractivity contribution in [1.29, 1.82) is 0 Å². The molecular formula is C13H18N2O4. The molecule has 0 heterocycles. The molecule has 1 aromatic rings. The predicted molar refractivity (Wildman–Crippen MR) is 69.8 cm³/mol. The lowest BCUT2D eigenvalue weighted by atomic mass is 9.91. The van der Waals surface area contributed by atoms with Crippen LogP contribution in [0.25, 0.3) is 0 Å². The van der Waals surface area contributed by atoms with Crippen molar-refractivity contribution in [1.82, 2.24) is 5.32 Å². The second kappa shape index (κ2) is 5.60. The predicted octanol–water partition coefficient (Wildman–Crippen LogP) is 0.323. The van der Waals surface area contributed by atoms with E-state index in [0.717, 1.165) is 0 Å². The van der Waals surface area contributed by atoms with Gasteiger partial charge in [-0.1, -0.05) is 6.07 Å². The normalized spacial score (nSPS) is 13.4. The van der Waals surface area contributed by atoms with Crippen LogP contribution in [0.4, 0.5) is 0 Å². The fraction of sp³-hybridized carbons (Fsp3) is 0.385. The van der Waals surface area contributed by atoms with E-state index in [4.69, 9.17) is 10.5 Å². The summed E-state index contributed by atoms with van der Waals surface area (Å²) in [6.45, 7) is 2.87. The molecule has 104 valence electrons. The minimum absolute atomic E-state index is 0.00607. The Morgan fingerprint density at radius 3 is 2.58 bits per heavy atom. The molecule has 0 spiro atoms. The van der Waals surface area contributed by atoms with Crippen molar-refractivity contribution >= 4 is 11.8 Å². The lowest BCUT2D eigenvalue weighted by Gasteiger charge is -2.27. The van der Waals surface area contributed by atoms with Crippen LogP contribution < -0.4 is 15.8 Å². The molecule has 0 aliphatic carbocycles. The van der Waals surface area contributed by atoms with Crippen molar-refractivity contribution in [3.05, 3.63) is 23.8 Å². The van der Waals surface area contributed by atoms with Gasteiger partial charge in [0.25, 0.3) is 0 Å². The number of nitrogens with one attached hydrogen (secondary N) is 1. The van der Waals surface area contributed by atoms with Crippen molar-refractivity contribution in [2.45, 2.75) is 25.8 Å². The summed E-state index contributed by atoms with van der Waals surface area (Å²) in [6, 6.07) is 4.70. The second-order valence-corrected chi connectivity index (χ2v) is 4.56. The average molecular weight is 266 g/mol. The van der Waals surface area contributed by atoms with E-state index in [9.17, 15) is 14.7 Å². The van der Waals surface area contributed by atoms with E-state index in [-0.39, 0.29) is 18.1 Å². The highest BCUT2D eigenvalue weighted by Gasteiger charge is 2.32. The van der Waals surface area contributed by atoms with Crippen LogP contribution in [0.1, 0.15) is 19.4 Å². The Morgan fingerprint density at radius 2 is 2.11 bits per heavy atom. The third kappa shape index (κ3) is 3.61. The Labute approximate surface area is 111 Å². The van der Waals surface area contributed by atoms with Crippen molar-refractivity contribution in [2.75, 3.05) is 7.11 Å². The highest BCUT2D eigenvalue weighted by atomic mass is 16.5. The molecule has 0 radical (unpaired) electrons. The Balaban J connectivity index is 3.03.